The molecule has 0 amide bonds. The molecule has 0 aliphatic heterocycles. The summed E-state index contributed by atoms with van der Waals surface area (Å²) in [5.74, 6) is 0.788. The molecule has 5 nitrogen and oxygen atoms in total. The molecule has 1 rings (SSSR count). The van der Waals surface area contributed by atoms with Crippen molar-refractivity contribution >= 4 is 11.9 Å². The van der Waals surface area contributed by atoms with Crippen molar-refractivity contribution in [3.8, 4) is 11.8 Å². The van der Waals surface area contributed by atoms with E-state index in [2.05, 4.69) is 13.8 Å². The predicted octanol–water partition coefficient (Wildman–Crippen LogP) is 5.56. The largest absolute Gasteiger partial charge is 0.466 e. The van der Waals surface area contributed by atoms with Crippen LogP contribution in [0.2, 0.25) is 0 Å². The summed E-state index contributed by atoms with van der Waals surface area (Å²) in [6.45, 7) is 4.87. The van der Waals surface area contributed by atoms with Crippen LogP contribution >= 0.6 is 0 Å². The van der Waals surface area contributed by atoms with Crippen LogP contribution in [-0.4, -0.2) is 18.5 Å². The zero-order valence-corrected chi connectivity index (χ0v) is 17.2. The summed E-state index contributed by atoms with van der Waals surface area (Å²) in [5, 5.41) is 8.74. The summed E-state index contributed by atoms with van der Waals surface area (Å²) in [6, 6.07) is 8.54. The van der Waals surface area contributed by atoms with E-state index >= 15 is 0 Å². The Labute approximate surface area is 169 Å². The van der Waals surface area contributed by atoms with Gasteiger partial charge in [0.25, 0.3) is 0 Å². The minimum Gasteiger partial charge on any atom is -0.466 e. The first kappa shape index (κ1) is 23.7. The van der Waals surface area contributed by atoms with Gasteiger partial charge in [0.1, 0.15) is 5.75 Å². The van der Waals surface area contributed by atoms with E-state index < -0.39 is 0 Å². The topological polar surface area (TPSA) is 76.4 Å². The van der Waals surface area contributed by atoms with Gasteiger partial charge in [-0.05, 0) is 55.9 Å². The molecule has 0 N–H and O–H groups in total. The molecule has 0 aliphatic rings. The summed E-state index contributed by atoms with van der Waals surface area (Å²) in [6.07, 6.45) is 8.68. The minimum atomic E-state index is -0.245. The first-order valence-electron chi connectivity index (χ1n) is 10.4. The molecule has 0 saturated carbocycles. The van der Waals surface area contributed by atoms with Crippen molar-refractivity contribution in [3.63, 3.8) is 0 Å². The van der Waals surface area contributed by atoms with Crippen molar-refractivity contribution < 1.29 is 19.1 Å². The molecule has 0 fully saturated rings. The average Bonchev–Trinajstić information content (AvgIpc) is 2.67. The maximum absolute atomic E-state index is 11.8. The maximum atomic E-state index is 11.8. The molecule has 1 aromatic rings. The van der Waals surface area contributed by atoms with Gasteiger partial charge < -0.3 is 9.47 Å². The normalized spacial score (nSPS) is 10.5. The Balaban J connectivity index is 1.95. The van der Waals surface area contributed by atoms with Gasteiger partial charge in [-0.25, -0.2) is 0 Å². The second-order valence-corrected chi connectivity index (χ2v) is 7.49. The average molecular weight is 388 g/mol. The molecule has 28 heavy (non-hydrogen) atoms. The van der Waals surface area contributed by atoms with Gasteiger partial charge >= 0.3 is 11.9 Å². The third-order valence-electron chi connectivity index (χ3n) is 4.42. The molecule has 0 saturated heterocycles. The lowest BCUT2D eigenvalue weighted by atomic mass is 10.1. The molecule has 154 valence electrons. The number of carbonyl (C=O) groups is 2. The fraction of sp³-hybridized carbons (Fsp3) is 0.609. The van der Waals surface area contributed by atoms with E-state index in [4.69, 9.17) is 14.7 Å². The van der Waals surface area contributed by atoms with Crippen molar-refractivity contribution in [1.82, 2.24) is 0 Å². The Morgan fingerprint density at radius 3 is 2.04 bits per heavy atom. The van der Waals surface area contributed by atoms with E-state index in [1.54, 1.807) is 24.3 Å². The molecule has 0 spiro atoms. The SMILES string of the molecule is CC(C)CCCOC(=O)CCCCCCCCC(=O)Oc1ccc(C#N)cc1. The summed E-state index contributed by atoms with van der Waals surface area (Å²) in [7, 11) is 0. The molecule has 0 heterocycles. The number of benzene rings is 1. The standard InChI is InChI=1S/C23H33NO4/c1-19(2)10-9-17-27-22(25)11-7-5-3-4-6-8-12-23(26)28-21-15-13-20(18-24)14-16-21/h13-16,19H,3-12,17H2,1-2H3. The van der Waals surface area contributed by atoms with Gasteiger partial charge in [0.05, 0.1) is 18.2 Å². The maximum Gasteiger partial charge on any atom is 0.311 e. The molecule has 0 radical (unpaired) electrons. The summed E-state index contributed by atoms with van der Waals surface area (Å²) >= 11 is 0. The summed E-state index contributed by atoms with van der Waals surface area (Å²) in [4.78, 5) is 23.4. The van der Waals surface area contributed by atoms with Gasteiger partial charge in [0.15, 0.2) is 0 Å². The van der Waals surface area contributed by atoms with Gasteiger partial charge in [-0.1, -0.05) is 39.5 Å². The number of hydrogen-bond acceptors (Lipinski definition) is 5. The van der Waals surface area contributed by atoms with E-state index in [1.165, 1.54) is 0 Å². The van der Waals surface area contributed by atoms with E-state index in [0.29, 0.717) is 36.7 Å². The van der Waals surface area contributed by atoms with Crippen LogP contribution in [0.5, 0.6) is 5.75 Å². The lowest BCUT2D eigenvalue weighted by molar-refractivity contribution is -0.144. The molecule has 0 aromatic heterocycles. The number of nitriles is 1. The van der Waals surface area contributed by atoms with E-state index in [-0.39, 0.29) is 11.9 Å². The first-order valence-corrected chi connectivity index (χ1v) is 10.4. The molecular formula is C23H33NO4. The van der Waals surface area contributed by atoms with E-state index in [0.717, 1.165) is 51.4 Å². The second-order valence-electron chi connectivity index (χ2n) is 7.49. The van der Waals surface area contributed by atoms with Crippen LogP contribution in [0, 0.1) is 17.2 Å². The number of carbonyl (C=O) groups excluding carboxylic acids is 2. The molecule has 0 unspecified atom stereocenters. The van der Waals surface area contributed by atoms with Gasteiger partial charge in [-0.3, -0.25) is 9.59 Å². The smallest absolute Gasteiger partial charge is 0.311 e. The number of ether oxygens (including phenoxy) is 2. The molecule has 0 atom stereocenters. The quantitative estimate of drug-likeness (QED) is 0.237. The number of unbranched alkanes of at least 4 members (excludes halogenated alkanes) is 5. The van der Waals surface area contributed by atoms with Crippen molar-refractivity contribution in [3.05, 3.63) is 29.8 Å². The lowest BCUT2D eigenvalue weighted by Crippen LogP contribution is -2.07. The third-order valence-corrected chi connectivity index (χ3v) is 4.42. The Hall–Kier alpha value is -2.35. The van der Waals surface area contributed by atoms with Crippen LogP contribution in [0.4, 0.5) is 0 Å². The Bertz CT molecular complexity index is 616. The zero-order chi connectivity index (χ0) is 20.6. The number of esters is 2. The number of rotatable bonds is 14. The van der Waals surface area contributed by atoms with Crippen LogP contribution in [0.15, 0.2) is 24.3 Å². The monoisotopic (exact) mass is 387 g/mol. The molecule has 1 aromatic carbocycles. The van der Waals surface area contributed by atoms with Gasteiger partial charge in [-0.2, -0.15) is 5.26 Å². The van der Waals surface area contributed by atoms with Gasteiger partial charge in [0, 0.05) is 12.8 Å². The molecule has 5 heteroatoms. The lowest BCUT2D eigenvalue weighted by Gasteiger charge is -2.06. The number of hydrogen-bond donors (Lipinski definition) is 0. The molecule has 0 bridgehead atoms. The second kappa shape index (κ2) is 14.7. The highest BCUT2D eigenvalue weighted by Gasteiger charge is 2.06. The fourth-order valence-corrected chi connectivity index (χ4v) is 2.78. The highest BCUT2D eigenvalue weighted by Crippen LogP contribution is 2.14. The van der Waals surface area contributed by atoms with Crippen molar-refractivity contribution in [2.75, 3.05) is 6.61 Å². The minimum absolute atomic E-state index is 0.0886. The van der Waals surface area contributed by atoms with Crippen LogP contribution < -0.4 is 4.74 Å². The van der Waals surface area contributed by atoms with Crippen molar-refractivity contribution in [2.45, 2.75) is 78.1 Å². The Kier molecular flexibility index (Phi) is 12.4. The highest BCUT2D eigenvalue weighted by atomic mass is 16.5. The summed E-state index contributed by atoms with van der Waals surface area (Å²) < 4.78 is 10.5. The highest BCUT2D eigenvalue weighted by molar-refractivity contribution is 5.72. The molecular weight excluding hydrogens is 354 g/mol. The zero-order valence-electron chi connectivity index (χ0n) is 17.2. The van der Waals surface area contributed by atoms with Crippen LogP contribution in [-0.2, 0) is 14.3 Å². The fourth-order valence-electron chi connectivity index (χ4n) is 2.78. The van der Waals surface area contributed by atoms with Crippen LogP contribution in [0.25, 0.3) is 0 Å². The third kappa shape index (κ3) is 12.1. The van der Waals surface area contributed by atoms with E-state index in [1.807, 2.05) is 6.07 Å². The van der Waals surface area contributed by atoms with Gasteiger partial charge in [-0.15, -0.1) is 0 Å². The Morgan fingerprint density at radius 1 is 0.893 bits per heavy atom. The van der Waals surface area contributed by atoms with Crippen LogP contribution in [0.3, 0.4) is 0 Å². The van der Waals surface area contributed by atoms with Crippen molar-refractivity contribution in [1.29, 1.82) is 5.26 Å². The summed E-state index contributed by atoms with van der Waals surface area (Å²) in [5.41, 5.74) is 0.541. The van der Waals surface area contributed by atoms with Crippen molar-refractivity contribution in [2.24, 2.45) is 5.92 Å². The van der Waals surface area contributed by atoms with Gasteiger partial charge in [0.2, 0.25) is 0 Å². The molecule has 0 aliphatic carbocycles. The Morgan fingerprint density at radius 2 is 1.46 bits per heavy atom. The number of nitrogens with zero attached hydrogens (tertiary/aromatic N) is 1. The van der Waals surface area contributed by atoms with Crippen LogP contribution in [0.1, 0.15) is 83.6 Å². The van der Waals surface area contributed by atoms with E-state index in [9.17, 15) is 9.59 Å². The first-order chi connectivity index (χ1) is 13.5. The predicted molar refractivity (Wildman–Crippen MR) is 109 cm³/mol.